The molecule has 0 aliphatic carbocycles. The van der Waals surface area contributed by atoms with Crippen LogP contribution in [0.4, 0.5) is 24.5 Å². The van der Waals surface area contributed by atoms with E-state index in [2.05, 4.69) is 15.5 Å². The molecule has 1 saturated heterocycles. The molecule has 0 aromatic heterocycles. The van der Waals surface area contributed by atoms with Gasteiger partial charge in [-0.3, -0.25) is 0 Å². The van der Waals surface area contributed by atoms with Crippen LogP contribution >= 0.6 is 23.8 Å². The van der Waals surface area contributed by atoms with Crippen molar-refractivity contribution >= 4 is 40.3 Å². The van der Waals surface area contributed by atoms with Crippen LogP contribution in [-0.4, -0.2) is 31.4 Å². The van der Waals surface area contributed by atoms with Crippen LogP contribution in [0.1, 0.15) is 24.1 Å². The van der Waals surface area contributed by atoms with Crippen molar-refractivity contribution in [1.29, 1.82) is 0 Å². The van der Waals surface area contributed by atoms with Crippen molar-refractivity contribution in [2.75, 3.05) is 36.5 Å². The van der Waals surface area contributed by atoms with Crippen LogP contribution < -0.4 is 15.5 Å². The molecule has 3 rings (SSSR count). The molecule has 2 aromatic carbocycles. The van der Waals surface area contributed by atoms with Gasteiger partial charge in [0.05, 0.1) is 29.8 Å². The molecule has 9 heteroatoms. The van der Waals surface area contributed by atoms with Crippen LogP contribution in [0.2, 0.25) is 5.02 Å². The van der Waals surface area contributed by atoms with E-state index in [-0.39, 0.29) is 21.9 Å². The molecule has 29 heavy (non-hydrogen) atoms. The van der Waals surface area contributed by atoms with Crippen molar-refractivity contribution in [3.05, 3.63) is 58.6 Å². The second-order valence-electron chi connectivity index (χ2n) is 6.70. The van der Waals surface area contributed by atoms with Crippen molar-refractivity contribution < 1.29 is 17.9 Å². The van der Waals surface area contributed by atoms with Crippen LogP contribution in [0.15, 0.2) is 42.5 Å². The van der Waals surface area contributed by atoms with E-state index >= 15 is 0 Å². The van der Waals surface area contributed by atoms with Gasteiger partial charge in [0.15, 0.2) is 5.11 Å². The Hall–Kier alpha value is -2.03. The van der Waals surface area contributed by atoms with Gasteiger partial charge in [0.25, 0.3) is 0 Å². The first-order chi connectivity index (χ1) is 13.7. The van der Waals surface area contributed by atoms with Gasteiger partial charge in [0, 0.05) is 24.5 Å². The molecule has 0 spiro atoms. The first-order valence-electron chi connectivity index (χ1n) is 9.11. The van der Waals surface area contributed by atoms with Gasteiger partial charge in [-0.25, -0.2) is 0 Å². The summed E-state index contributed by atoms with van der Waals surface area (Å²) in [5.41, 5.74) is 1.46. The smallest absolute Gasteiger partial charge is 0.378 e. The van der Waals surface area contributed by atoms with Gasteiger partial charge in [0.2, 0.25) is 0 Å². The lowest BCUT2D eigenvalue weighted by Crippen LogP contribution is -2.36. The Morgan fingerprint density at radius 1 is 1.14 bits per heavy atom. The summed E-state index contributed by atoms with van der Waals surface area (Å²) < 4.78 is 44.3. The number of halogens is 4. The summed E-state index contributed by atoms with van der Waals surface area (Å²) in [5.74, 6) is 0. The predicted octanol–water partition coefficient (Wildman–Crippen LogP) is 5.24. The lowest BCUT2D eigenvalue weighted by atomic mass is 10.1. The lowest BCUT2D eigenvalue weighted by molar-refractivity contribution is -0.137. The number of nitrogens with zero attached hydrogens (tertiary/aromatic N) is 1. The van der Waals surface area contributed by atoms with Crippen LogP contribution in [0.3, 0.4) is 0 Å². The van der Waals surface area contributed by atoms with E-state index in [0.29, 0.717) is 0 Å². The molecule has 1 fully saturated rings. The minimum atomic E-state index is -4.53. The van der Waals surface area contributed by atoms with Gasteiger partial charge in [-0.15, -0.1) is 0 Å². The Morgan fingerprint density at radius 2 is 1.79 bits per heavy atom. The first kappa shape index (κ1) is 21.7. The normalized spacial score (nSPS) is 15.7. The minimum absolute atomic E-state index is 0.122. The number of morpholine rings is 1. The fourth-order valence-corrected chi connectivity index (χ4v) is 3.58. The SMILES string of the molecule is C[C@H](NC(=S)Nc1ccc(Cl)c(C(F)(F)F)c1)c1ccc(N2CCOCC2)cc1. The maximum absolute atomic E-state index is 13.0. The fourth-order valence-electron chi connectivity index (χ4n) is 3.06. The van der Waals surface area contributed by atoms with Gasteiger partial charge in [0.1, 0.15) is 0 Å². The number of ether oxygens (including phenoxy) is 1. The third kappa shape index (κ3) is 5.74. The Balaban J connectivity index is 1.60. The topological polar surface area (TPSA) is 36.5 Å². The van der Waals surface area contributed by atoms with E-state index in [1.54, 1.807) is 0 Å². The zero-order valence-corrected chi connectivity index (χ0v) is 17.3. The fraction of sp³-hybridized carbons (Fsp3) is 0.350. The summed E-state index contributed by atoms with van der Waals surface area (Å²) in [6.07, 6.45) is -4.53. The van der Waals surface area contributed by atoms with E-state index in [9.17, 15) is 13.2 Å². The maximum atomic E-state index is 13.0. The highest BCUT2D eigenvalue weighted by Crippen LogP contribution is 2.36. The van der Waals surface area contributed by atoms with Crippen molar-refractivity contribution in [3.63, 3.8) is 0 Å². The highest BCUT2D eigenvalue weighted by atomic mass is 35.5. The maximum Gasteiger partial charge on any atom is 0.417 e. The van der Waals surface area contributed by atoms with Gasteiger partial charge in [-0.05, 0) is 55.0 Å². The van der Waals surface area contributed by atoms with Crippen molar-refractivity contribution in [1.82, 2.24) is 5.32 Å². The molecule has 2 N–H and O–H groups in total. The highest BCUT2D eigenvalue weighted by Gasteiger charge is 2.33. The molecule has 0 bridgehead atoms. The average molecular weight is 444 g/mol. The molecule has 1 atom stereocenters. The quantitative estimate of drug-likeness (QED) is 0.632. The summed E-state index contributed by atoms with van der Waals surface area (Å²) >= 11 is 10.9. The van der Waals surface area contributed by atoms with Gasteiger partial charge >= 0.3 is 6.18 Å². The molecule has 0 radical (unpaired) electrons. The highest BCUT2D eigenvalue weighted by molar-refractivity contribution is 7.80. The third-order valence-electron chi connectivity index (χ3n) is 4.65. The number of rotatable bonds is 4. The average Bonchev–Trinajstić information content (AvgIpc) is 2.69. The summed E-state index contributed by atoms with van der Waals surface area (Å²) in [6.45, 7) is 5.10. The van der Waals surface area contributed by atoms with Crippen LogP contribution in [0, 0.1) is 0 Å². The molecule has 1 aliphatic heterocycles. The molecule has 1 heterocycles. The van der Waals surface area contributed by atoms with E-state index < -0.39 is 11.7 Å². The number of nitrogens with one attached hydrogen (secondary N) is 2. The first-order valence-corrected chi connectivity index (χ1v) is 9.89. The molecule has 2 aromatic rings. The molecule has 0 amide bonds. The molecular weight excluding hydrogens is 423 g/mol. The standard InChI is InChI=1S/C20H21ClF3N3OS/c1-13(14-2-5-16(6-3-14)27-8-10-28-11-9-27)25-19(29)26-15-4-7-18(21)17(12-15)20(22,23)24/h2-7,12-13H,8-11H2,1H3,(H2,25,26,29)/t13-/m0/s1. The minimum Gasteiger partial charge on any atom is -0.378 e. The summed E-state index contributed by atoms with van der Waals surface area (Å²) in [7, 11) is 0. The van der Waals surface area contributed by atoms with Crippen LogP contribution in [0.5, 0.6) is 0 Å². The predicted molar refractivity (Wildman–Crippen MR) is 114 cm³/mol. The molecular formula is C20H21ClF3N3OS. The van der Waals surface area contributed by atoms with Crippen molar-refractivity contribution in [2.45, 2.75) is 19.1 Å². The lowest BCUT2D eigenvalue weighted by Gasteiger charge is -2.29. The third-order valence-corrected chi connectivity index (χ3v) is 5.20. The molecule has 156 valence electrons. The number of thiocarbonyl (C=S) groups is 1. The molecule has 1 aliphatic rings. The number of hydrogen-bond acceptors (Lipinski definition) is 3. The molecule has 0 unspecified atom stereocenters. The number of anilines is 2. The number of benzene rings is 2. The van der Waals surface area contributed by atoms with Gasteiger partial charge in [-0.2, -0.15) is 13.2 Å². The Morgan fingerprint density at radius 3 is 2.41 bits per heavy atom. The largest absolute Gasteiger partial charge is 0.417 e. The zero-order chi connectivity index (χ0) is 21.0. The zero-order valence-electron chi connectivity index (χ0n) is 15.7. The molecule has 4 nitrogen and oxygen atoms in total. The Bertz CT molecular complexity index is 855. The van der Waals surface area contributed by atoms with Crippen molar-refractivity contribution in [3.8, 4) is 0 Å². The number of alkyl halides is 3. The molecule has 0 saturated carbocycles. The monoisotopic (exact) mass is 443 g/mol. The van der Waals surface area contributed by atoms with Gasteiger partial charge < -0.3 is 20.3 Å². The summed E-state index contributed by atoms with van der Waals surface area (Å²) in [6, 6.07) is 11.6. The van der Waals surface area contributed by atoms with E-state index in [1.807, 2.05) is 31.2 Å². The van der Waals surface area contributed by atoms with Crippen LogP contribution in [0.25, 0.3) is 0 Å². The summed E-state index contributed by atoms with van der Waals surface area (Å²) in [5, 5.41) is 5.75. The number of hydrogen-bond donors (Lipinski definition) is 2. The Labute approximate surface area is 178 Å². The van der Waals surface area contributed by atoms with Gasteiger partial charge in [-0.1, -0.05) is 23.7 Å². The Kier molecular flexibility index (Phi) is 6.87. The second kappa shape index (κ2) is 9.19. The van der Waals surface area contributed by atoms with Crippen molar-refractivity contribution in [2.24, 2.45) is 0 Å². The second-order valence-corrected chi connectivity index (χ2v) is 7.52. The van der Waals surface area contributed by atoms with Crippen LogP contribution in [-0.2, 0) is 10.9 Å². The van der Waals surface area contributed by atoms with E-state index in [1.165, 1.54) is 12.1 Å². The summed E-state index contributed by atoms with van der Waals surface area (Å²) in [4.78, 5) is 2.26. The van der Waals surface area contributed by atoms with E-state index in [0.717, 1.165) is 43.6 Å². The van der Waals surface area contributed by atoms with E-state index in [4.69, 9.17) is 28.6 Å².